The van der Waals surface area contributed by atoms with Gasteiger partial charge in [-0.1, -0.05) is 29.3 Å². The van der Waals surface area contributed by atoms with Crippen molar-refractivity contribution in [1.29, 1.82) is 0 Å². The Morgan fingerprint density at radius 2 is 1.95 bits per heavy atom. The summed E-state index contributed by atoms with van der Waals surface area (Å²) in [6.07, 6.45) is 0.442. The predicted octanol–water partition coefficient (Wildman–Crippen LogP) is 4.92. The zero-order valence-electron chi connectivity index (χ0n) is 11.4. The highest BCUT2D eigenvalue weighted by atomic mass is 35.5. The summed E-state index contributed by atoms with van der Waals surface area (Å²) in [5.41, 5.74) is 1.77. The first-order chi connectivity index (χ1) is 10.1. The van der Waals surface area contributed by atoms with E-state index in [0.29, 0.717) is 22.2 Å². The summed E-state index contributed by atoms with van der Waals surface area (Å²) in [4.78, 5) is 0. The Morgan fingerprint density at radius 3 is 2.71 bits per heavy atom. The lowest BCUT2D eigenvalue weighted by Crippen LogP contribution is -2.27. The Hall–Kier alpha value is -1.29. The fraction of sp³-hybridized carbons (Fsp3) is 0.250. The zero-order chi connectivity index (χ0) is 15.0. The van der Waals surface area contributed by atoms with E-state index >= 15 is 0 Å². The molecule has 0 radical (unpaired) electrons. The number of benzene rings is 2. The van der Waals surface area contributed by atoms with Gasteiger partial charge >= 0.3 is 0 Å². The fourth-order valence-electron chi connectivity index (χ4n) is 2.67. The second-order valence-electron chi connectivity index (χ2n) is 5.03. The van der Waals surface area contributed by atoms with Crippen LogP contribution in [-0.2, 0) is 0 Å². The van der Waals surface area contributed by atoms with Crippen molar-refractivity contribution in [2.45, 2.75) is 18.6 Å². The van der Waals surface area contributed by atoms with E-state index in [4.69, 9.17) is 27.9 Å². The van der Waals surface area contributed by atoms with Gasteiger partial charge < -0.3 is 10.1 Å². The van der Waals surface area contributed by atoms with Gasteiger partial charge in [-0.15, -0.1) is 0 Å². The summed E-state index contributed by atoms with van der Waals surface area (Å²) in [6, 6.07) is 9.96. The van der Waals surface area contributed by atoms with Crippen LogP contribution in [0.3, 0.4) is 0 Å². The summed E-state index contributed by atoms with van der Waals surface area (Å²) in [6.45, 7) is 0. The average Bonchev–Trinajstić information content (AvgIpc) is 2.48. The van der Waals surface area contributed by atoms with Crippen molar-refractivity contribution < 1.29 is 9.13 Å². The van der Waals surface area contributed by atoms with E-state index in [9.17, 15) is 4.39 Å². The number of ether oxygens (including phenoxy) is 1. The van der Waals surface area contributed by atoms with Crippen LogP contribution in [0.4, 0.5) is 4.39 Å². The van der Waals surface area contributed by atoms with Crippen LogP contribution in [0.1, 0.15) is 29.7 Å². The van der Waals surface area contributed by atoms with Crippen molar-refractivity contribution >= 4 is 23.2 Å². The Kier molecular flexibility index (Phi) is 4.07. The molecule has 2 aromatic rings. The number of fused-ring (bicyclic) bond motifs is 1. The largest absolute Gasteiger partial charge is 0.485 e. The molecular weight excluding hydrogens is 312 g/mol. The monoisotopic (exact) mass is 325 g/mol. The third-order valence-corrected chi connectivity index (χ3v) is 4.30. The highest BCUT2D eigenvalue weighted by molar-refractivity contribution is 6.33. The van der Waals surface area contributed by atoms with E-state index in [2.05, 4.69) is 5.32 Å². The Morgan fingerprint density at radius 1 is 1.14 bits per heavy atom. The van der Waals surface area contributed by atoms with Gasteiger partial charge in [0, 0.05) is 39.7 Å². The van der Waals surface area contributed by atoms with Crippen molar-refractivity contribution in [3.05, 3.63) is 63.4 Å². The van der Waals surface area contributed by atoms with Gasteiger partial charge in [0.1, 0.15) is 17.7 Å². The molecule has 1 heterocycles. The van der Waals surface area contributed by atoms with Crippen LogP contribution in [0.5, 0.6) is 5.75 Å². The van der Waals surface area contributed by atoms with Gasteiger partial charge in [0.2, 0.25) is 0 Å². The molecule has 2 atom stereocenters. The van der Waals surface area contributed by atoms with Crippen LogP contribution in [0, 0.1) is 5.82 Å². The van der Waals surface area contributed by atoms with Crippen LogP contribution in [0.2, 0.25) is 10.0 Å². The molecule has 21 heavy (non-hydrogen) atoms. The quantitative estimate of drug-likeness (QED) is 0.846. The molecule has 0 aromatic heterocycles. The van der Waals surface area contributed by atoms with Gasteiger partial charge in [-0.3, -0.25) is 0 Å². The van der Waals surface area contributed by atoms with E-state index in [0.717, 1.165) is 11.1 Å². The maximum Gasteiger partial charge on any atom is 0.127 e. The molecule has 0 saturated carbocycles. The van der Waals surface area contributed by atoms with Crippen molar-refractivity contribution in [2.75, 3.05) is 7.05 Å². The van der Waals surface area contributed by atoms with Crippen LogP contribution >= 0.6 is 23.2 Å². The molecule has 0 aliphatic carbocycles. The number of nitrogens with one attached hydrogen (secondary N) is 1. The highest BCUT2D eigenvalue weighted by Crippen LogP contribution is 2.42. The Balaban J connectivity index is 2.01. The molecule has 5 heteroatoms. The first-order valence-corrected chi connectivity index (χ1v) is 7.42. The summed E-state index contributed by atoms with van der Waals surface area (Å²) < 4.78 is 19.4. The van der Waals surface area contributed by atoms with Gasteiger partial charge in [0.25, 0.3) is 0 Å². The lowest BCUT2D eigenvalue weighted by atomic mass is 9.93. The average molecular weight is 326 g/mol. The molecule has 2 aromatic carbocycles. The van der Waals surface area contributed by atoms with Crippen LogP contribution < -0.4 is 10.1 Å². The molecular formula is C16H14Cl2FNO. The van der Waals surface area contributed by atoms with Crippen LogP contribution in [-0.4, -0.2) is 7.05 Å². The first kappa shape index (κ1) is 14.6. The molecule has 2 unspecified atom stereocenters. The molecule has 2 nitrogen and oxygen atoms in total. The normalized spacial score (nSPS) is 20.8. The van der Waals surface area contributed by atoms with E-state index in [1.165, 1.54) is 12.1 Å². The summed E-state index contributed by atoms with van der Waals surface area (Å²) in [7, 11) is 1.87. The summed E-state index contributed by atoms with van der Waals surface area (Å²) >= 11 is 12.3. The number of rotatable bonds is 2. The molecule has 110 valence electrons. The van der Waals surface area contributed by atoms with E-state index in [1.807, 2.05) is 7.05 Å². The van der Waals surface area contributed by atoms with Crippen LogP contribution in [0.25, 0.3) is 0 Å². The fourth-order valence-corrected chi connectivity index (χ4v) is 3.09. The minimum atomic E-state index is -0.318. The highest BCUT2D eigenvalue weighted by Gasteiger charge is 2.30. The SMILES string of the molecule is CNC1CC(c2cc(Cl)ccc2Cl)Oc2cc(F)ccc21. The van der Waals surface area contributed by atoms with Gasteiger partial charge in [0.15, 0.2) is 0 Å². The number of hydrogen-bond donors (Lipinski definition) is 1. The molecule has 0 saturated heterocycles. The minimum absolute atomic E-state index is 0.0781. The Labute approximate surface area is 132 Å². The summed E-state index contributed by atoms with van der Waals surface area (Å²) in [5, 5.41) is 4.43. The smallest absolute Gasteiger partial charge is 0.127 e. The molecule has 0 spiro atoms. The van der Waals surface area contributed by atoms with Crippen molar-refractivity contribution in [1.82, 2.24) is 5.32 Å². The lowest BCUT2D eigenvalue weighted by Gasteiger charge is -2.32. The molecule has 3 rings (SSSR count). The topological polar surface area (TPSA) is 21.3 Å². The van der Waals surface area contributed by atoms with Gasteiger partial charge in [-0.05, 0) is 31.3 Å². The Bertz CT molecular complexity index is 677. The zero-order valence-corrected chi connectivity index (χ0v) is 12.9. The number of hydrogen-bond acceptors (Lipinski definition) is 2. The predicted molar refractivity (Wildman–Crippen MR) is 82.6 cm³/mol. The number of halogens is 3. The first-order valence-electron chi connectivity index (χ1n) is 6.67. The van der Waals surface area contributed by atoms with E-state index in [-0.39, 0.29) is 18.0 Å². The van der Waals surface area contributed by atoms with Gasteiger partial charge in [-0.2, -0.15) is 0 Å². The lowest BCUT2D eigenvalue weighted by molar-refractivity contribution is 0.153. The third kappa shape index (κ3) is 2.86. The van der Waals surface area contributed by atoms with E-state index in [1.54, 1.807) is 24.3 Å². The second kappa shape index (κ2) is 5.84. The van der Waals surface area contributed by atoms with Gasteiger partial charge in [-0.25, -0.2) is 4.39 Å². The van der Waals surface area contributed by atoms with Crippen molar-refractivity contribution in [3.63, 3.8) is 0 Å². The third-order valence-electron chi connectivity index (χ3n) is 3.72. The van der Waals surface area contributed by atoms with Gasteiger partial charge in [0.05, 0.1) is 0 Å². The molecule has 1 aliphatic heterocycles. The second-order valence-corrected chi connectivity index (χ2v) is 5.88. The minimum Gasteiger partial charge on any atom is -0.485 e. The molecule has 0 amide bonds. The molecule has 0 bridgehead atoms. The van der Waals surface area contributed by atoms with Crippen LogP contribution in [0.15, 0.2) is 36.4 Å². The van der Waals surface area contributed by atoms with Crippen molar-refractivity contribution in [3.8, 4) is 5.75 Å². The maximum absolute atomic E-state index is 13.5. The van der Waals surface area contributed by atoms with E-state index < -0.39 is 0 Å². The standard InChI is InChI=1S/C16H14Cl2FNO/c1-20-14-8-16(12-6-9(17)2-5-13(12)18)21-15-7-10(19)3-4-11(14)15/h2-7,14,16,20H,8H2,1H3. The maximum atomic E-state index is 13.5. The summed E-state index contributed by atoms with van der Waals surface area (Å²) in [5.74, 6) is 0.225. The van der Waals surface area contributed by atoms with Crippen molar-refractivity contribution in [2.24, 2.45) is 0 Å². The molecule has 1 N–H and O–H groups in total. The molecule has 0 fully saturated rings. The molecule has 1 aliphatic rings.